The third-order valence-corrected chi connectivity index (χ3v) is 2.55. The minimum atomic E-state index is -0.325. The standard InChI is InChI=1S/C15H22FNO/c1-11(2)9-17-10-12(3)7-13-5-6-15(18-4)14(16)8-13/h5-8,11,17H,9-10H2,1-4H3. The number of halogens is 1. The van der Waals surface area contributed by atoms with Crippen LogP contribution in [-0.4, -0.2) is 20.2 Å². The van der Waals surface area contributed by atoms with Crippen molar-refractivity contribution in [3.05, 3.63) is 35.2 Å². The van der Waals surface area contributed by atoms with Gasteiger partial charge in [0.05, 0.1) is 7.11 Å². The van der Waals surface area contributed by atoms with Crippen LogP contribution in [0, 0.1) is 11.7 Å². The number of nitrogens with one attached hydrogen (secondary N) is 1. The Labute approximate surface area is 109 Å². The molecule has 3 heteroatoms. The van der Waals surface area contributed by atoms with E-state index in [1.807, 2.05) is 19.1 Å². The van der Waals surface area contributed by atoms with E-state index >= 15 is 0 Å². The van der Waals surface area contributed by atoms with E-state index in [0.717, 1.165) is 18.7 Å². The minimum absolute atomic E-state index is 0.280. The zero-order valence-corrected chi connectivity index (χ0v) is 11.6. The molecular weight excluding hydrogens is 229 g/mol. The van der Waals surface area contributed by atoms with Crippen molar-refractivity contribution >= 4 is 6.08 Å². The summed E-state index contributed by atoms with van der Waals surface area (Å²) in [4.78, 5) is 0. The van der Waals surface area contributed by atoms with Crippen LogP contribution in [0.1, 0.15) is 26.3 Å². The third kappa shape index (κ3) is 4.88. The Bertz CT molecular complexity index is 413. The lowest BCUT2D eigenvalue weighted by atomic mass is 10.1. The number of methoxy groups -OCH3 is 1. The van der Waals surface area contributed by atoms with Crippen molar-refractivity contribution in [2.45, 2.75) is 20.8 Å². The monoisotopic (exact) mass is 251 g/mol. The van der Waals surface area contributed by atoms with E-state index in [9.17, 15) is 4.39 Å². The van der Waals surface area contributed by atoms with Gasteiger partial charge in [-0.1, -0.05) is 31.6 Å². The SMILES string of the molecule is COc1ccc(C=C(C)CNCC(C)C)cc1F. The highest BCUT2D eigenvalue weighted by Crippen LogP contribution is 2.19. The molecule has 0 aliphatic rings. The van der Waals surface area contributed by atoms with Crippen molar-refractivity contribution in [1.29, 1.82) is 0 Å². The maximum atomic E-state index is 13.5. The fraction of sp³-hybridized carbons (Fsp3) is 0.467. The third-order valence-electron chi connectivity index (χ3n) is 2.55. The number of hydrogen-bond donors (Lipinski definition) is 1. The topological polar surface area (TPSA) is 21.3 Å². The fourth-order valence-electron chi connectivity index (χ4n) is 1.67. The zero-order chi connectivity index (χ0) is 13.5. The molecular formula is C15H22FNO. The van der Waals surface area contributed by atoms with Gasteiger partial charge in [0.2, 0.25) is 0 Å². The Morgan fingerprint density at radius 2 is 2.17 bits per heavy atom. The lowest BCUT2D eigenvalue weighted by Gasteiger charge is -2.08. The van der Waals surface area contributed by atoms with Gasteiger partial charge < -0.3 is 10.1 Å². The average Bonchev–Trinajstić information content (AvgIpc) is 2.28. The summed E-state index contributed by atoms with van der Waals surface area (Å²) in [6, 6.07) is 4.99. The minimum Gasteiger partial charge on any atom is -0.494 e. The molecule has 0 amide bonds. The molecule has 0 saturated carbocycles. The molecule has 0 spiro atoms. The largest absolute Gasteiger partial charge is 0.494 e. The molecule has 0 heterocycles. The first kappa shape index (κ1) is 14.7. The van der Waals surface area contributed by atoms with Gasteiger partial charge in [-0.15, -0.1) is 0 Å². The number of rotatable bonds is 6. The summed E-state index contributed by atoms with van der Waals surface area (Å²) in [5.74, 6) is 0.591. The molecule has 0 fully saturated rings. The van der Waals surface area contributed by atoms with Crippen LogP contribution in [0.3, 0.4) is 0 Å². The highest BCUT2D eigenvalue weighted by Gasteiger charge is 2.02. The van der Waals surface area contributed by atoms with Crippen LogP contribution in [-0.2, 0) is 0 Å². The van der Waals surface area contributed by atoms with Crippen molar-refractivity contribution < 1.29 is 9.13 Å². The maximum absolute atomic E-state index is 13.5. The molecule has 1 aromatic rings. The van der Waals surface area contributed by atoms with Crippen LogP contribution in [0.15, 0.2) is 23.8 Å². The van der Waals surface area contributed by atoms with Gasteiger partial charge in [0.25, 0.3) is 0 Å². The second kappa shape index (κ2) is 7.17. The van der Waals surface area contributed by atoms with Crippen LogP contribution in [0.4, 0.5) is 4.39 Å². The van der Waals surface area contributed by atoms with Gasteiger partial charge in [-0.3, -0.25) is 0 Å². The summed E-state index contributed by atoms with van der Waals surface area (Å²) in [5.41, 5.74) is 2.04. The van der Waals surface area contributed by atoms with Crippen LogP contribution >= 0.6 is 0 Å². The zero-order valence-electron chi connectivity index (χ0n) is 11.6. The molecule has 100 valence electrons. The molecule has 0 atom stereocenters. The maximum Gasteiger partial charge on any atom is 0.165 e. The summed E-state index contributed by atoms with van der Waals surface area (Å²) in [6.07, 6.45) is 1.98. The van der Waals surface area contributed by atoms with Gasteiger partial charge in [0.15, 0.2) is 11.6 Å². The molecule has 1 rings (SSSR count). The highest BCUT2D eigenvalue weighted by molar-refractivity contribution is 5.54. The molecule has 0 unspecified atom stereocenters. The second-order valence-electron chi connectivity index (χ2n) is 4.91. The van der Waals surface area contributed by atoms with Gasteiger partial charge in [0, 0.05) is 6.54 Å². The Morgan fingerprint density at radius 1 is 1.44 bits per heavy atom. The van der Waals surface area contributed by atoms with Gasteiger partial charge in [0.1, 0.15) is 0 Å². The fourth-order valence-corrected chi connectivity index (χ4v) is 1.67. The van der Waals surface area contributed by atoms with E-state index in [1.54, 1.807) is 6.07 Å². The van der Waals surface area contributed by atoms with Crippen molar-refractivity contribution in [3.63, 3.8) is 0 Å². The van der Waals surface area contributed by atoms with Crippen molar-refractivity contribution in [3.8, 4) is 5.75 Å². The highest BCUT2D eigenvalue weighted by atomic mass is 19.1. The summed E-state index contributed by atoms with van der Waals surface area (Å²) in [7, 11) is 1.47. The first-order valence-corrected chi connectivity index (χ1v) is 6.24. The van der Waals surface area contributed by atoms with E-state index < -0.39 is 0 Å². The quantitative estimate of drug-likeness (QED) is 0.835. The lowest BCUT2D eigenvalue weighted by molar-refractivity contribution is 0.386. The van der Waals surface area contributed by atoms with Gasteiger partial charge in [-0.25, -0.2) is 4.39 Å². The first-order valence-electron chi connectivity index (χ1n) is 6.24. The second-order valence-corrected chi connectivity index (χ2v) is 4.91. The van der Waals surface area contributed by atoms with Crippen LogP contribution < -0.4 is 10.1 Å². The van der Waals surface area contributed by atoms with E-state index in [0.29, 0.717) is 5.92 Å². The molecule has 0 aromatic heterocycles. The normalized spacial score (nSPS) is 12.0. The summed E-state index contributed by atoms with van der Waals surface area (Å²) < 4.78 is 18.4. The van der Waals surface area contributed by atoms with Crippen molar-refractivity contribution in [1.82, 2.24) is 5.32 Å². The van der Waals surface area contributed by atoms with Crippen LogP contribution in [0.25, 0.3) is 6.08 Å². The molecule has 0 aliphatic heterocycles. The molecule has 1 aromatic carbocycles. The van der Waals surface area contributed by atoms with Crippen molar-refractivity contribution in [2.75, 3.05) is 20.2 Å². The van der Waals surface area contributed by atoms with Gasteiger partial charge >= 0.3 is 0 Å². The molecule has 18 heavy (non-hydrogen) atoms. The predicted octanol–water partition coefficient (Wildman–Crippen LogP) is 3.48. The summed E-state index contributed by atoms with van der Waals surface area (Å²) >= 11 is 0. The Morgan fingerprint density at radius 3 is 2.72 bits per heavy atom. The Hall–Kier alpha value is -1.35. The lowest BCUT2D eigenvalue weighted by Crippen LogP contribution is -2.21. The van der Waals surface area contributed by atoms with E-state index in [4.69, 9.17) is 4.74 Å². The van der Waals surface area contributed by atoms with E-state index in [2.05, 4.69) is 19.2 Å². The average molecular weight is 251 g/mol. The predicted molar refractivity (Wildman–Crippen MR) is 74.3 cm³/mol. The van der Waals surface area contributed by atoms with Crippen LogP contribution in [0.2, 0.25) is 0 Å². The summed E-state index contributed by atoms with van der Waals surface area (Å²) in [5, 5.41) is 3.36. The molecule has 0 bridgehead atoms. The van der Waals surface area contributed by atoms with Gasteiger partial charge in [-0.05, 0) is 37.1 Å². The molecule has 2 nitrogen and oxygen atoms in total. The number of hydrogen-bond acceptors (Lipinski definition) is 2. The molecule has 0 saturated heterocycles. The summed E-state index contributed by atoms with van der Waals surface area (Å²) in [6.45, 7) is 8.19. The first-order chi connectivity index (χ1) is 8.52. The Balaban J connectivity index is 2.62. The smallest absolute Gasteiger partial charge is 0.165 e. The van der Waals surface area contributed by atoms with E-state index in [1.165, 1.54) is 18.7 Å². The van der Waals surface area contributed by atoms with E-state index in [-0.39, 0.29) is 11.6 Å². The Kier molecular flexibility index (Phi) is 5.86. The molecule has 1 N–H and O–H groups in total. The number of ether oxygens (including phenoxy) is 1. The van der Waals surface area contributed by atoms with Gasteiger partial charge in [-0.2, -0.15) is 0 Å². The van der Waals surface area contributed by atoms with Crippen molar-refractivity contribution in [2.24, 2.45) is 5.92 Å². The molecule has 0 radical (unpaired) electrons. The molecule has 0 aliphatic carbocycles. The van der Waals surface area contributed by atoms with Crippen LogP contribution in [0.5, 0.6) is 5.75 Å². The number of benzene rings is 1.